The van der Waals surface area contributed by atoms with Gasteiger partial charge in [0.15, 0.2) is 0 Å². The van der Waals surface area contributed by atoms with Crippen molar-refractivity contribution >= 4 is 34.4 Å². The molecule has 0 spiro atoms. The average Bonchev–Trinajstić information content (AvgIpc) is 2.95. The van der Waals surface area contributed by atoms with E-state index in [-0.39, 0.29) is 25.0 Å². The van der Waals surface area contributed by atoms with Crippen molar-refractivity contribution in [3.63, 3.8) is 0 Å². The Morgan fingerprint density at radius 1 is 1.29 bits per heavy atom. The van der Waals surface area contributed by atoms with Crippen molar-refractivity contribution in [2.75, 3.05) is 19.8 Å². The van der Waals surface area contributed by atoms with Gasteiger partial charge in [-0.3, -0.25) is 9.59 Å². The van der Waals surface area contributed by atoms with E-state index in [2.05, 4.69) is 0 Å². The molecule has 2 heterocycles. The third kappa shape index (κ3) is 3.71. The van der Waals surface area contributed by atoms with E-state index >= 15 is 0 Å². The number of aliphatic carboxylic acids is 1. The van der Waals surface area contributed by atoms with Crippen LogP contribution in [0.1, 0.15) is 12.8 Å². The Balaban J connectivity index is 1.81. The lowest BCUT2D eigenvalue weighted by Gasteiger charge is -2.33. The van der Waals surface area contributed by atoms with Gasteiger partial charge in [-0.05, 0) is 36.4 Å². The normalized spacial score (nSPS) is 15.5. The molecule has 1 aromatic heterocycles. The van der Waals surface area contributed by atoms with Gasteiger partial charge in [-0.2, -0.15) is 0 Å². The highest BCUT2D eigenvalue weighted by atomic mass is 35.5. The summed E-state index contributed by atoms with van der Waals surface area (Å²) in [5, 5.41) is 10.7. The molecule has 1 aromatic carbocycles. The number of carbonyl (C=O) groups excluding carboxylic acids is 1. The number of ether oxygens (including phenoxy) is 1. The van der Waals surface area contributed by atoms with Crippen LogP contribution in [0.15, 0.2) is 30.5 Å². The average molecular weight is 351 g/mol. The maximum atomic E-state index is 12.7. The predicted molar refractivity (Wildman–Crippen MR) is 90.1 cm³/mol. The molecule has 0 aliphatic carbocycles. The summed E-state index contributed by atoms with van der Waals surface area (Å²) in [7, 11) is 0. The van der Waals surface area contributed by atoms with Crippen LogP contribution >= 0.6 is 11.6 Å². The summed E-state index contributed by atoms with van der Waals surface area (Å²) < 4.78 is 7.11. The van der Waals surface area contributed by atoms with Gasteiger partial charge in [-0.25, -0.2) is 0 Å². The van der Waals surface area contributed by atoms with Gasteiger partial charge in [0.05, 0.1) is 0 Å². The summed E-state index contributed by atoms with van der Waals surface area (Å²) in [6.45, 7) is 0.907. The number of rotatable bonds is 5. The summed E-state index contributed by atoms with van der Waals surface area (Å²) in [4.78, 5) is 25.4. The van der Waals surface area contributed by atoms with E-state index in [1.54, 1.807) is 16.7 Å². The Morgan fingerprint density at radius 2 is 2.04 bits per heavy atom. The van der Waals surface area contributed by atoms with Gasteiger partial charge in [-0.15, -0.1) is 0 Å². The lowest BCUT2D eigenvalue weighted by atomic mass is 10.1. The molecule has 128 valence electrons. The predicted octanol–water partition coefficient (Wildman–Crippen LogP) is 2.39. The number of fused-ring (bicyclic) bond motifs is 1. The van der Waals surface area contributed by atoms with Crippen LogP contribution in [-0.2, 0) is 20.9 Å². The van der Waals surface area contributed by atoms with E-state index in [1.807, 2.05) is 18.3 Å². The molecule has 7 heteroatoms. The summed E-state index contributed by atoms with van der Waals surface area (Å²) >= 11 is 6.04. The molecule has 0 unspecified atom stereocenters. The van der Waals surface area contributed by atoms with E-state index in [0.717, 1.165) is 10.9 Å². The van der Waals surface area contributed by atoms with Crippen LogP contribution in [0, 0.1) is 0 Å². The van der Waals surface area contributed by atoms with Gasteiger partial charge in [0.25, 0.3) is 0 Å². The van der Waals surface area contributed by atoms with Crippen LogP contribution in [0.25, 0.3) is 10.9 Å². The number of benzene rings is 1. The standard InChI is InChI=1S/C17H19ClN2O4/c18-13-2-1-12-3-6-19(15(12)9-13)10-16(21)20(11-17(22)23)14-4-7-24-8-5-14/h1-3,6,9,14H,4-5,7-8,10-11H2,(H,22,23). The van der Waals surface area contributed by atoms with Gasteiger partial charge in [0.1, 0.15) is 13.1 Å². The van der Waals surface area contributed by atoms with Crippen molar-refractivity contribution in [3.8, 4) is 0 Å². The molecular weight excluding hydrogens is 332 g/mol. The van der Waals surface area contributed by atoms with Crippen molar-refractivity contribution in [1.82, 2.24) is 9.47 Å². The van der Waals surface area contributed by atoms with Crippen molar-refractivity contribution in [2.45, 2.75) is 25.4 Å². The first kappa shape index (κ1) is 16.8. The zero-order valence-corrected chi connectivity index (χ0v) is 13.9. The Kier molecular flexibility index (Phi) is 5.06. The van der Waals surface area contributed by atoms with Gasteiger partial charge in [0, 0.05) is 36.0 Å². The van der Waals surface area contributed by atoms with Crippen LogP contribution < -0.4 is 0 Å². The van der Waals surface area contributed by atoms with Crippen molar-refractivity contribution in [2.24, 2.45) is 0 Å². The summed E-state index contributed by atoms with van der Waals surface area (Å²) in [5.74, 6) is -1.21. The van der Waals surface area contributed by atoms with Crippen LogP contribution in [0.2, 0.25) is 5.02 Å². The van der Waals surface area contributed by atoms with Crippen molar-refractivity contribution in [3.05, 3.63) is 35.5 Å². The summed E-state index contributed by atoms with van der Waals surface area (Å²) in [6, 6.07) is 7.32. The van der Waals surface area contributed by atoms with Gasteiger partial charge < -0.3 is 19.3 Å². The largest absolute Gasteiger partial charge is 0.480 e. The minimum Gasteiger partial charge on any atom is -0.480 e. The quantitative estimate of drug-likeness (QED) is 0.898. The number of nitrogens with zero attached hydrogens (tertiary/aromatic N) is 2. The van der Waals surface area contributed by atoms with E-state index in [9.17, 15) is 9.59 Å². The molecule has 0 saturated carbocycles. The number of carboxylic acids is 1. The Labute approximate surface area is 144 Å². The molecule has 3 rings (SSSR count). The molecule has 24 heavy (non-hydrogen) atoms. The molecule has 6 nitrogen and oxygen atoms in total. The second kappa shape index (κ2) is 7.23. The summed E-state index contributed by atoms with van der Waals surface area (Å²) in [5.41, 5.74) is 0.859. The molecule has 1 N–H and O–H groups in total. The zero-order chi connectivity index (χ0) is 17.1. The molecular formula is C17H19ClN2O4. The SMILES string of the molecule is O=C(O)CN(C(=O)Cn1ccc2ccc(Cl)cc21)C1CCOCC1. The maximum Gasteiger partial charge on any atom is 0.323 e. The van der Waals surface area contributed by atoms with E-state index < -0.39 is 5.97 Å². The fraction of sp³-hybridized carbons (Fsp3) is 0.412. The number of carbonyl (C=O) groups is 2. The van der Waals surface area contributed by atoms with E-state index in [4.69, 9.17) is 21.4 Å². The fourth-order valence-electron chi connectivity index (χ4n) is 3.09. The van der Waals surface area contributed by atoms with Gasteiger partial charge >= 0.3 is 5.97 Å². The molecule has 1 aliphatic heterocycles. The van der Waals surface area contributed by atoms with Crippen molar-refractivity contribution in [1.29, 1.82) is 0 Å². The molecule has 1 aliphatic rings. The Morgan fingerprint density at radius 3 is 2.75 bits per heavy atom. The number of carboxylic acid groups (broad SMARTS) is 1. The molecule has 0 atom stereocenters. The number of amides is 1. The Bertz CT molecular complexity index is 752. The first-order valence-corrected chi connectivity index (χ1v) is 8.26. The zero-order valence-electron chi connectivity index (χ0n) is 13.2. The van der Waals surface area contributed by atoms with E-state index in [1.165, 1.54) is 4.90 Å². The third-order valence-electron chi connectivity index (χ3n) is 4.30. The highest BCUT2D eigenvalue weighted by Gasteiger charge is 2.27. The van der Waals surface area contributed by atoms with Crippen LogP contribution in [0.3, 0.4) is 0 Å². The first-order valence-electron chi connectivity index (χ1n) is 7.88. The number of halogens is 1. The number of aromatic nitrogens is 1. The highest BCUT2D eigenvalue weighted by molar-refractivity contribution is 6.31. The van der Waals surface area contributed by atoms with Crippen LogP contribution in [-0.4, -0.2) is 52.3 Å². The van der Waals surface area contributed by atoms with Gasteiger partial charge in [0.2, 0.25) is 5.91 Å². The molecule has 0 bridgehead atoms. The monoisotopic (exact) mass is 350 g/mol. The lowest BCUT2D eigenvalue weighted by Crippen LogP contribution is -2.47. The van der Waals surface area contributed by atoms with Crippen molar-refractivity contribution < 1.29 is 19.4 Å². The number of hydrogen-bond donors (Lipinski definition) is 1. The maximum absolute atomic E-state index is 12.7. The lowest BCUT2D eigenvalue weighted by molar-refractivity contribution is -0.148. The molecule has 1 saturated heterocycles. The van der Waals surface area contributed by atoms with Crippen LogP contribution in [0.5, 0.6) is 0 Å². The second-order valence-electron chi connectivity index (χ2n) is 5.91. The molecule has 0 radical (unpaired) electrons. The smallest absolute Gasteiger partial charge is 0.323 e. The van der Waals surface area contributed by atoms with E-state index in [0.29, 0.717) is 31.1 Å². The topological polar surface area (TPSA) is 71.8 Å². The second-order valence-corrected chi connectivity index (χ2v) is 6.34. The minimum absolute atomic E-state index is 0.0900. The fourth-order valence-corrected chi connectivity index (χ4v) is 3.26. The van der Waals surface area contributed by atoms with Gasteiger partial charge in [-0.1, -0.05) is 17.7 Å². The van der Waals surface area contributed by atoms with Crippen LogP contribution in [0.4, 0.5) is 0 Å². The summed E-state index contributed by atoms with van der Waals surface area (Å²) in [6.07, 6.45) is 3.15. The molecule has 1 amide bonds. The minimum atomic E-state index is -1.00. The highest BCUT2D eigenvalue weighted by Crippen LogP contribution is 2.21. The number of hydrogen-bond acceptors (Lipinski definition) is 3. The molecule has 1 fully saturated rings. The first-order chi connectivity index (χ1) is 11.5. The third-order valence-corrected chi connectivity index (χ3v) is 4.53. The molecule has 2 aromatic rings. The Hall–Kier alpha value is -2.05.